The molecule has 110 valence electrons. The smallest absolute Gasteiger partial charge is 0.144 e. The van der Waals surface area contributed by atoms with E-state index in [0.717, 1.165) is 4.47 Å². The summed E-state index contributed by atoms with van der Waals surface area (Å²) in [5.41, 5.74) is 6.41. The summed E-state index contributed by atoms with van der Waals surface area (Å²) in [6.07, 6.45) is -0.731. The van der Waals surface area contributed by atoms with E-state index >= 15 is 0 Å². The lowest BCUT2D eigenvalue weighted by Gasteiger charge is -2.32. The molecule has 2 atom stereocenters. The van der Waals surface area contributed by atoms with Crippen LogP contribution in [0.5, 0.6) is 5.75 Å². The minimum Gasteiger partial charge on any atom is -0.506 e. The maximum absolute atomic E-state index is 10.3. The Morgan fingerprint density at radius 1 is 1.16 bits per heavy atom. The molecule has 0 unspecified atom stereocenters. The standard InChI is InChI=1S/C12H16Br3NO2.ClH/c1-12(2,3)11(18)9(16)7-5(13)4-6(14)10(17)8(7)15;/h4,9,11,17-18H,16H2,1-3H3;1H/t9-,11-;/m1./s1. The van der Waals surface area contributed by atoms with Crippen molar-refractivity contribution in [3.8, 4) is 5.75 Å². The number of benzene rings is 1. The number of phenols is 1. The molecule has 0 radical (unpaired) electrons. The molecule has 0 spiro atoms. The molecule has 0 saturated carbocycles. The summed E-state index contributed by atoms with van der Waals surface area (Å²) < 4.78 is 1.77. The van der Waals surface area contributed by atoms with Gasteiger partial charge in [-0.05, 0) is 43.3 Å². The molecule has 0 saturated heterocycles. The Balaban J connectivity index is 0.00000324. The topological polar surface area (TPSA) is 66.5 Å². The third-order valence-corrected chi connectivity index (χ3v) is 4.81. The summed E-state index contributed by atoms with van der Waals surface area (Å²) in [5, 5.41) is 20.1. The van der Waals surface area contributed by atoms with Crippen LogP contribution in [0.1, 0.15) is 32.4 Å². The summed E-state index contributed by atoms with van der Waals surface area (Å²) in [6.45, 7) is 5.74. The number of phenolic OH excluding ortho intramolecular Hbond substituents is 1. The molecule has 0 heterocycles. The maximum atomic E-state index is 10.3. The number of halogens is 4. The lowest BCUT2D eigenvalue weighted by atomic mass is 9.82. The zero-order chi connectivity index (χ0) is 14.2. The highest BCUT2D eigenvalue weighted by molar-refractivity contribution is 9.11. The number of rotatable bonds is 2. The molecular formula is C12H17Br3ClNO2. The first-order chi connectivity index (χ1) is 8.07. The first-order valence-corrected chi connectivity index (χ1v) is 7.75. The van der Waals surface area contributed by atoms with Gasteiger partial charge in [-0.15, -0.1) is 12.4 Å². The van der Waals surface area contributed by atoms with Gasteiger partial charge in [0.25, 0.3) is 0 Å². The van der Waals surface area contributed by atoms with Crippen molar-refractivity contribution >= 4 is 60.2 Å². The van der Waals surface area contributed by atoms with Crippen LogP contribution >= 0.6 is 60.2 Å². The van der Waals surface area contributed by atoms with E-state index in [1.165, 1.54) is 0 Å². The predicted octanol–water partition coefficient (Wildman–Crippen LogP) is 4.51. The SMILES string of the molecule is CC(C)(C)[C@H](O)[C@H](N)c1c(Br)cc(Br)c(O)c1Br.Cl. The third-order valence-electron chi connectivity index (χ3n) is 2.74. The molecule has 19 heavy (non-hydrogen) atoms. The molecule has 1 rings (SSSR count). The quantitative estimate of drug-likeness (QED) is 0.581. The Kier molecular flexibility index (Phi) is 7.34. The lowest BCUT2D eigenvalue weighted by Crippen LogP contribution is -2.37. The largest absolute Gasteiger partial charge is 0.506 e. The van der Waals surface area contributed by atoms with Crippen LogP contribution in [0.2, 0.25) is 0 Å². The van der Waals surface area contributed by atoms with Crippen LogP contribution in [0.15, 0.2) is 19.5 Å². The fourth-order valence-corrected chi connectivity index (χ4v) is 4.25. The van der Waals surface area contributed by atoms with Crippen molar-refractivity contribution in [2.45, 2.75) is 32.9 Å². The van der Waals surface area contributed by atoms with E-state index in [1.54, 1.807) is 6.07 Å². The van der Waals surface area contributed by atoms with Crippen LogP contribution in [0.25, 0.3) is 0 Å². The third kappa shape index (κ3) is 4.32. The van der Waals surface area contributed by atoms with Crippen molar-refractivity contribution in [2.75, 3.05) is 0 Å². The average Bonchev–Trinajstić information content (AvgIpc) is 2.23. The second-order valence-corrected chi connectivity index (χ2v) is 7.75. The van der Waals surface area contributed by atoms with E-state index in [1.807, 2.05) is 20.8 Å². The number of hydrogen-bond acceptors (Lipinski definition) is 3. The number of nitrogens with two attached hydrogens (primary N) is 1. The Hall–Kier alpha value is 0.670. The summed E-state index contributed by atoms with van der Waals surface area (Å²) >= 11 is 9.97. The molecule has 7 heteroatoms. The van der Waals surface area contributed by atoms with Crippen LogP contribution < -0.4 is 5.73 Å². The molecule has 4 N–H and O–H groups in total. The maximum Gasteiger partial charge on any atom is 0.144 e. The van der Waals surface area contributed by atoms with Gasteiger partial charge < -0.3 is 15.9 Å². The van der Waals surface area contributed by atoms with Crippen LogP contribution in [-0.2, 0) is 0 Å². The first-order valence-electron chi connectivity index (χ1n) is 5.37. The van der Waals surface area contributed by atoms with Crippen LogP contribution in [0, 0.1) is 5.41 Å². The highest BCUT2D eigenvalue weighted by atomic mass is 79.9. The van der Waals surface area contributed by atoms with Crippen molar-refractivity contribution in [2.24, 2.45) is 11.1 Å². The van der Waals surface area contributed by atoms with Gasteiger partial charge in [-0.2, -0.15) is 0 Å². The van der Waals surface area contributed by atoms with E-state index in [-0.39, 0.29) is 23.6 Å². The van der Waals surface area contributed by atoms with Gasteiger partial charge in [0.05, 0.1) is 21.1 Å². The number of aromatic hydroxyl groups is 1. The Morgan fingerprint density at radius 2 is 1.63 bits per heavy atom. The molecule has 0 aliphatic carbocycles. The number of hydrogen-bond donors (Lipinski definition) is 3. The minimum absolute atomic E-state index is 0. The fourth-order valence-electron chi connectivity index (χ4n) is 1.60. The molecule has 0 aromatic heterocycles. The molecule has 3 nitrogen and oxygen atoms in total. The monoisotopic (exact) mass is 479 g/mol. The number of aliphatic hydroxyl groups is 1. The van der Waals surface area contributed by atoms with Gasteiger partial charge in [-0.25, -0.2) is 0 Å². The Bertz CT molecular complexity index is 463. The molecule has 0 fully saturated rings. The predicted molar refractivity (Wildman–Crippen MR) is 90.8 cm³/mol. The summed E-state index contributed by atoms with van der Waals surface area (Å²) in [5.74, 6) is 0.0739. The number of aliphatic hydroxyl groups excluding tert-OH is 1. The van der Waals surface area contributed by atoms with Crippen molar-refractivity contribution in [1.29, 1.82) is 0 Å². The van der Waals surface area contributed by atoms with Crippen LogP contribution in [0.4, 0.5) is 0 Å². The van der Waals surface area contributed by atoms with Crippen molar-refractivity contribution in [1.82, 2.24) is 0 Å². The highest BCUT2D eigenvalue weighted by Gasteiger charge is 2.32. The fraction of sp³-hybridized carbons (Fsp3) is 0.500. The van der Waals surface area contributed by atoms with Gasteiger partial charge in [0.1, 0.15) is 5.75 Å². The van der Waals surface area contributed by atoms with Gasteiger partial charge in [-0.3, -0.25) is 0 Å². The summed E-state index contributed by atoms with van der Waals surface area (Å²) in [7, 11) is 0. The van der Waals surface area contributed by atoms with Gasteiger partial charge in [0, 0.05) is 10.0 Å². The first kappa shape index (κ1) is 19.7. The molecule has 0 aliphatic heterocycles. The van der Waals surface area contributed by atoms with E-state index in [9.17, 15) is 10.2 Å². The van der Waals surface area contributed by atoms with Gasteiger partial charge in [0.2, 0.25) is 0 Å². The zero-order valence-electron chi connectivity index (χ0n) is 10.7. The van der Waals surface area contributed by atoms with Crippen LogP contribution in [0.3, 0.4) is 0 Å². The summed E-state index contributed by atoms with van der Waals surface area (Å²) in [6, 6.07) is 1.11. The summed E-state index contributed by atoms with van der Waals surface area (Å²) in [4.78, 5) is 0. The molecule has 0 bridgehead atoms. The van der Waals surface area contributed by atoms with Crippen molar-refractivity contribution in [3.63, 3.8) is 0 Å². The minimum atomic E-state index is -0.731. The second kappa shape index (κ2) is 7.09. The van der Waals surface area contributed by atoms with Gasteiger partial charge in [-0.1, -0.05) is 36.7 Å². The molecule has 0 amide bonds. The average molecular weight is 482 g/mol. The van der Waals surface area contributed by atoms with Gasteiger partial charge >= 0.3 is 0 Å². The Labute approximate surface area is 144 Å². The molecule has 1 aromatic rings. The zero-order valence-corrected chi connectivity index (χ0v) is 16.3. The van der Waals surface area contributed by atoms with Crippen molar-refractivity contribution < 1.29 is 10.2 Å². The van der Waals surface area contributed by atoms with Crippen molar-refractivity contribution in [3.05, 3.63) is 25.0 Å². The Morgan fingerprint density at radius 3 is 2.05 bits per heavy atom. The van der Waals surface area contributed by atoms with E-state index in [0.29, 0.717) is 14.5 Å². The lowest BCUT2D eigenvalue weighted by molar-refractivity contribution is 0.0397. The van der Waals surface area contributed by atoms with Crippen LogP contribution in [-0.4, -0.2) is 16.3 Å². The molecule has 1 aromatic carbocycles. The van der Waals surface area contributed by atoms with Gasteiger partial charge in [0.15, 0.2) is 0 Å². The molecule has 0 aliphatic rings. The van der Waals surface area contributed by atoms with E-state index in [2.05, 4.69) is 47.8 Å². The highest BCUT2D eigenvalue weighted by Crippen LogP contribution is 2.43. The molecular weight excluding hydrogens is 465 g/mol. The normalized spacial score (nSPS) is 14.7. The van der Waals surface area contributed by atoms with E-state index < -0.39 is 12.1 Å². The second-order valence-electron chi connectivity index (χ2n) is 5.25. The van der Waals surface area contributed by atoms with E-state index in [4.69, 9.17) is 5.73 Å².